The maximum atomic E-state index is 11.7. The van der Waals surface area contributed by atoms with E-state index in [2.05, 4.69) is 20.2 Å². The summed E-state index contributed by atoms with van der Waals surface area (Å²) in [6.07, 6.45) is 4.39. The average molecular weight is 326 g/mol. The molecule has 1 N–H and O–H groups in total. The molecule has 4 rings (SSSR count). The van der Waals surface area contributed by atoms with Gasteiger partial charge in [0.1, 0.15) is 6.61 Å². The van der Waals surface area contributed by atoms with E-state index in [1.54, 1.807) is 0 Å². The number of nitrogens with one attached hydrogen (secondary N) is 1. The molecule has 1 amide bonds. The van der Waals surface area contributed by atoms with Gasteiger partial charge >= 0.3 is 0 Å². The molecule has 6 nitrogen and oxygen atoms in total. The molecule has 6 heteroatoms. The molecule has 126 valence electrons. The van der Waals surface area contributed by atoms with E-state index in [1.165, 1.54) is 12.8 Å². The molecule has 2 fully saturated rings. The quantitative estimate of drug-likeness (QED) is 0.824. The highest BCUT2D eigenvalue weighted by Crippen LogP contribution is 2.29. The van der Waals surface area contributed by atoms with Crippen LogP contribution in [0.2, 0.25) is 0 Å². The number of amides is 1. The van der Waals surface area contributed by atoms with Gasteiger partial charge in [0.25, 0.3) is 0 Å². The zero-order valence-corrected chi connectivity index (χ0v) is 13.7. The molecule has 1 saturated heterocycles. The Morgan fingerprint density at radius 2 is 2.00 bits per heavy atom. The van der Waals surface area contributed by atoms with Gasteiger partial charge in [-0.3, -0.25) is 4.79 Å². The minimum Gasteiger partial charge on any atom is -0.475 e. The summed E-state index contributed by atoms with van der Waals surface area (Å²) in [6.45, 7) is 2.91. The summed E-state index contributed by atoms with van der Waals surface area (Å²) in [7, 11) is 0. The summed E-state index contributed by atoms with van der Waals surface area (Å²) in [5.74, 6) is 1.71. The Hall–Kier alpha value is -2.37. The lowest BCUT2D eigenvalue weighted by Gasteiger charge is -2.17. The number of anilines is 1. The van der Waals surface area contributed by atoms with Gasteiger partial charge in [-0.2, -0.15) is 4.98 Å². The number of rotatable bonds is 6. The summed E-state index contributed by atoms with van der Waals surface area (Å²) in [4.78, 5) is 23.2. The Morgan fingerprint density at radius 1 is 1.21 bits per heavy atom. The third kappa shape index (κ3) is 3.27. The van der Waals surface area contributed by atoms with Gasteiger partial charge in [0.2, 0.25) is 17.7 Å². The van der Waals surface area contributed by atoms with Crippen LogP contribution >= 0.6 is 0 Å². The van der Waals surface area contributed by atoms with Gasteiger partial charge in [0, 0.05) is 19.0 Å². The van der Waals surface area contributed by atoms with Crippen LogP contribution in [-0.2, 0) is 4.79 Å². The fraction of sp³-hybridized carbons (Fsp3) is 0.500. The Bertz CT molecular complexity index is 739. The second-order valence-electron chi connectivity index (χ2n) is 6.45. The Balaban J connectivity index is 1.48. The normalized spacial score (nSPS) is 17.2. The van der Waals surface area contributed by atoms with Crippen LogP contribution in [0.4, 0.5) is 5.95 Å². The molecular weight excluding hydrogens is 304 g/mol. The average Bonchev–Trinajstić information content (AvgIpc) is 3.32. The molecule has 0 spiro atoms. The van der Waals surface area contributed by atoms with Gasteiger partial charge in [-0.15, -0.1) is 0 Å². The highest BCUT2D eigenvalue weighted by Gasteiger charge is 2.29. The van der Waals surface area contributed by atoms with Gasteiger partial charge in [-0.25, -0.2) is 4.98 Å². The van der Waals surface area contributed by atoms with Crippen LogP contribution in [-0.4, -0.2) is 42.1 Å². The van der Waals surface area contributed by atoms with Crippen LogP contribution in [0, 0.1) is 5.92 Å². The molecule has 1 aliphatic heterocycles. The second kappa shape index (κ2) is 6.63. The van der Waals surface area contributed by atoms with E-state index < -0.39 is 0 Å². The van der Waals surface area contributed by atoms with Crippen LogP contribution in [0.3, 0.4) is 0 Å². The first-order valence-corrected chi connectivity index (χ1v) is 8.73. The van der Waals surface area contributed by atoms with Crippen molar-refractivity contribution in [1.29, 1.82) is 0 Å². The number of para-hydroxylation sites is 1. The van der Waals surface area contributed by atoms with E-state index in [-0.39, 0.29) is 11.8 Å². The fourth-order valence-corrected chi connectivity index (χ4v) is 3.02. The molecular formula is C18H22N4O2. The fourth-order valence-electron chi connectivity index (χ4n) is 3.02. The van der Waals surface area contributed by atoms with Gasteiger partial charge in [0.05, 0.1) is 17.4 Å². The van der Waals surface area contributed by atoms with Crippen LogP contribution in [0.25, 0.3) is 10.9 Å². The second-order valence-corrected chi connectivity index (χ2v) is 6.45. The molecule has 1 aliphatic carbocycles. The smallest absolute Gasteiger partial charge is 0.229 e. The SMILES string of the molecule is O=C(NCCOc1nc(N2CCCC2)nc2ccccc12)C1CC1. The van der Waals surface area contributed by atoms with E-state index >= 15 is 0 Å². The molecule has 2 heterocycles. The number of aromatic nitrogens is 2. The van der Waals surface area contributed by atoms with Crippen molar-refractivity contribution in [2.24, 2.45) is 5.92 Å². The Labute approximate surface area is 141 Å². The number of nitrogens with zero attached hydrogens (tertiary/aromatic N) is 3. The van der Waals surface area contributed by atoms with Crippen molar-refractivity contribution in [3.05, 3.63) is 24.3 Å². The lowest BCUT2D eigenvalue weighted by Crippen LogP contribution is -2.29. The first-order chi connectivity index (χ1) is 11.8. The van der Waals surface area contributed by atoms with Gasteiger partial charge < -0.3 is 15.0 Å². The molecule has 0 atom stereocenters. The first kappa shape index (κ1) is 15.2. The lowest BCUT2D eigenvalue weighted by molar-refractivity contribution is -0.122. The molecule has 0 unspecified atom stereocenters. The summed E-state index contributed by atoms with van der Waals surface area (Å²) >= 11 is 0. The van der Waals surface area contributed by atoms with E-state index in [0.29, 0.717) is 19.0 Å². The number of hydrogen-bond acceptors (Lipinski definition) is 5. The van der Waals surface area contributed by atoms with Crippen molar-refractivity contribution >= 4 is 22.8 Å². The predicted molar refractivity (Wildman–Crippen MR) is 92.2 cm³/mol. The van der Waals surface area contributed by atoms with Gasteiger partial charge in [-0.1, -0.05) is 12.1 Å². The number of hydrogen-bond donors (Lipinski definition) is 1. The zero-order valence-electron chi connectivity index (χ0n) is 13.7. The van der Waals surface area contributed by atoms with Gasteiger partial charge in [0.15, 0.2) is 0 Å². The Morgan fingerprint density at radius 3 is 2.79 bits per heavy atom. The summed E-state index contributed by atoms with van der Waals surface area (Å²) in [5.41, 5.74) is 0.895. The monoisotopic (exact) mass is 326 g/mol. The van der Waals surface area contributed by atoms with Crippen LogP contribution < -0.4 is 15.0 Å². The van der Waals surface area contributed by atoms with Crippen LogP contribution in [0.15, 0.2) is 24.3 Å². The summed E-state index contributed by atoms with van der Waals surface area (Å²) in [6, 6.07) is 7.89. The van der Waals surface area contributed by atoms with E-state index in [4.69, 9.17) is 4.74 Å². The van der Waals surface area contributed by atoms with Crippen molar-refractivity contribution < 1.29 is 9.53 Å². The van der Waals surface area contributed by atoms with E-state index in [9.17, 15) is 4.79 Å². The zero-order chi connectivity index (χ0) is 16.4. The van der Waals surface area contributed by atoms with Gasteiger partial charge in [-0.05, 0) is 37.8 Å². The largest absolute Gasteiger partial charge is 0.475 e. The third-order valence-corrected chi connectivity index (χ3v) is 4.53. The Kier molecular flexibility index (Phi) is 4.19. The number of benzene rings is 1. The maximum absolute atomic E-state index is 11.7. The number of carbonyl (C=O) groups is 1. The van der Waals surface area contributed by atoms with Crippen molar-refractivity contribution in [2.75, 3.05) is 31.1 Å². The van der Waals surface area contributed by atoms with E-state index in [0.717, 1.165) is 42.8 Å². The summed E-state index contributed by atoms with van der Waals surface area (Å²) < 4.78 is 5.88. The van der Waals surface area contributed by atoms with Crippen LogP contribution in [0.5, 0.6) is 5.88 Å². The first-order valence-electron chi connectivity index (χ1n) is 8.73. The molecule has 1 aromatic carbocycles. The molecule has 1 saturated carbocycles. The summed E-state index contributed by atoms with van der Waals surface area (Å²) in [5, 5.41) is 3.83. The topological polar surface area (TPSA) is 67.3 Å². The van der Waals surface area contributed by atoms with Crippen LogP contribution in [0.1, 0.15) is 25.7 Å². The number of ether oxygens (including phenoxy) is 1. The molecule has 2 aliphatic rings. The lowest BCUT2D eigenvalue weighted by atomic mass is 10.2. The van der Waals surface area contributed by atoms with Crippen molar-refractivity contribution in [3.8, 4) is 5.88 Å². The number of fused-ring (bicyclic) bond motifs is 1. The van der Waals surface area contributed by atoms with E-state index in [1.807, 2.05) is 24.3 Å². The predicted octanol–water partition coefficient (Wildman–Crippen LogP) is 2.13. The molecule has 0 radical (unpaired) electrons. The highest BCUT2D eigenvalue weighted by molar-refractivity contribution is 5.84. The molecule has 1 aromatic heterocycles. The molecule has 2 aromatic rings. The standard InChI is InChI=1S/C18H22N4O2/c23-16(13-7-8-13)19-9-12-24-17-14-5-1-2-6-15(14)20-18(21-17)22-10-3-4-11-22/h1-2,5-6,13H,3-4,7-12H2,(H,19,23). The minimum absolute atomic E-state index is 0.143. The number of carbonyl (C=O) groups excluding carboxylic acids is 1. The van der Waals surface area contributed by atoms with Crippen molar-refractivity contribution in [2.45, 2.75) is 25.7 Å². The maximum Gasteiger partial charge on any atom is 0.229 e. The minimum atomic E-state index is 0.143. The molecule has 24 heavy (non-hydrogen) atoms. The highest BCUT2D eigenvalue weighted by atomic mass is 16.5. The van der Waals surface area contributed by atoms with Crippen molar-refractivity contribution in [1.82, 2.24) is 15.3 Å². The van der Waals surface area contributed by atoms with Crippen molar-refractivity contribution in [3.63, 3.8) is 0 Å². The molecule has 0 bridgehead atoms. The third-order valence-electron chi connectivity index (χ3n) is 4.53.